The largest absolute Gasteiger partial charge is 0.298 e. The molecule has 4 bridgehead atoms. The van der Waals surface area contributed by atoms with Crippen LogP contribution in [0.5, 0.6) is 0 Å². The Labute approximate surface area is 143 Å². The summed E-state index contributed by atoms with van der Waals surface area (Å²) >= 11 is 0. The zero-order valence-corrected chi connectivity index (χ0v) is 14.6. The molecule has 4 heteroatoms. The minimum absolute atomic E-state index is 0.0666. The number of aryl methyl sites for hydroxylation is 2. The maximum absolute atomic E-state index is 13.0. The molecule has 0 amide bonds. The van der Waals surface area contributed by atoms with Crippen molar-refractivity contribution in [3.8, 4) is 6.07 Å². The van der Waals surface area contributed by atoms with Crippen molar-refractivity contribution in [3.05, 3.63) is 23.3 Å². The summed E-state index contributed by atoms with van der Waals surface area (Å²) in [6.07, 6.45) is 8.29. The highest BCUT2D eigenvalue weighted by atomic mass is 16.1. The summed E-state index contributed by atoms with van der Waals surface area (Å²) in [5.41, 5.74) is 1.58. The summed E-state index contributed by atoms with van der Waals surface area (Å²) in [6.45, 7) is 3.70. The molecule has 1 atom stereocenters. The predicted octanol–water partition coefficient (Wildman–Crippen LogP) is 3.88. The van der Waals surface area contributed by atoms with Crippen molar-refractivity contribution in [2.24, 2.45) is 23.2 Å². The summed E-state index contributed by atoms with van der Waals surface area (Å²) in [6, 6.07) is 4.01. The Bertz CT molecular complexity index is 663. The maximum Gasteiger partial charge on any atom is 0.156 e. The van der Waals surface area contributed by atoms with E-state index in [0.29, 0.717) is 17.9 Å². The van der Waals surface area contributed by atoms with Crippen LogP contribution in [0.15, 0.2) is 6.07 Å². The number of rotatable bonds is 4. The first-order chi connectivity index (χ1) is 11.5. The molecule has 4 saturated carbocycles. The van der Waals surface area contributed by atoms with Crippen LogP contribution < -0.4 is 0 Å². The fourth-order valence-electron chi connectivity index (χ4n) is 6.17. The number of hydrogen-bond acceptors (Lipinski definition) is 4. The number of nitrogens with zero attached hydrogens (tertiary/aromatic N) is 3. The number of hydrogen-bond donors (Lipinski definition) is 0. The van der Waals surface area contributed by atoms with Crippen LogP contribution in [0.25, 0.3) is 0 Å². The van der Waals surface area contributed by atoms with E-state index in [2.05, 4.69) is 16.0 Å². The second kappa shape index (κ2) is 5.65. The molecule has 0 saturated heterocycles. The number of carbonyl (C=O) groups is 1. The van der Waals surface area contributed by atoms with Gasteiger partial charge in [-0.15, -0.1) is 0 Å². The lowest BCUT2D eigenvalue weighted by molar-refractivity contribution is -0.127. The van der Waals surface area contributed by atoms with Gasteiger partial charge in [-0.2, -0.15) is 5.26 Å². The molecule has 4 fully saturated rings. The molecule has 126 valence electrons. The average molecular weight is 323 g/mol. The van der Waals surface area contributed by atoms with Crippen LogP contribution in [0.3, 0.4) is 0 Å². The van der Waals surface area contributed by atoms with E-state index in [-0.39, 0.29) is 11.2 Å². The molecule has 0 N–H and O–H groups in total. The van der Waals surface area contributed by atoms with E-state index in [1.54, 1.807) is 6.07 Å². The van der Waals surface area contributed by atoms with Crippen molar-refractivity contribution in [2.45, 2.75) is 64.7 Å². The van der Waals surface area contributed by atoms with E-state index >= 15 is 0 Å². The second-order valence-electron chi connectivity index (χ2n) is 8.60. The first-order valence-electron chi connectivity index (χ1n) is 9.21. The minimum Gasteiger partial charge on any atom is -0.298 e. The Morgan fingerprint density at radius 1 is 1.21 bits per heavy atom. The van der Waals surface area contributed by atoms with E-state index in [1.165, 1.54) is 38.5 Å². The van der Waals surface area contributed by atoms with E-state index in [9.17, 15) is 10.1 Å². The third kappa shape index (κ3) is 2.75. The van der Waals surface area contributed by atoms with E-state index in [4.69, 9.17) is 0 Å². The van der Waals surface area contributed by atoms with E-state index < -0.39 is 5.92 Å². The Morgan fingerprint density at radius 2 is 1.79 bits per heavy atom. The Morgan fingerprint density at radius 3 is 2.29 bits per heavy atom. The summed E-state index contributed by atoms with van der Waals surface area (Å²) in [4.78, 5) is 21.6. The van der Waals surface area contributed by atoms with Gasteiger partial charge in [-0.05, 0) is 81.6 Å². The van der Waals surface area contributed by atoms with Gasteiger partial charge in [0.15, 0.2) is 5.78 Å². The standard InChI is InChI=1S/C20H25N3O/c1-12-3-18(23-13(2)22-12)17(11-21)19(24)10-20-7-14-4-15(8-20)6-16(5-14)9-20/h3,14-17H,4-10H2,1-2H3/t14?,15?,16?,17-,20?/m1/s1. The van der Waals surface area contributed by atoms with Crippen molar-refractivity contribution >= 4 is 5.78 Å². The van der Waals surface area contributed by atoms with Gasteiger partial charge in [-0.3, -0.25) is 4.79 Å². The number of carbonyl (C=O) groups excluding carboxylic acids is 1. The fourth-order valence-corrected chi connectivity index (χ4v) is 6.17. The Kier molecular flexibility index (Phi) is 3.71. The summed E-state index contributed by atoms with van der Waals surface area (Å²) in [7, 11) is 0. The smallest absolute Gasteiger partial charge is 0.156 e. The zero-order chi connectivity index (χ0) is 16.9. The number of Topliss-reactive ketones (excluding diaryl/α,β-unsaturated/α-hetero) is 1. The molecule has 0 aliphatic heterocycles. The minimum atomic E-state index is -0.738. The van der Waals surface area contributed by atoms with Crippen LogP contribution in [0.4, 0.5) is 0 Å². The quantitative estimate of drug-likeness (QED) is 0.843. The molecule has 4 aliphatic carbocycles. The highest BCUT2D eigenvalue weighted by Crippen LogP contribution is 2.61. The van der Waals surface area contributed by atoms with Crippen LogP contribution in [0.2, 0.25) is 0 Å². The van der Waals surface area contributed by atoms with Gasteiger partial charge < -0.3 is 0 Å². The highest BCUT2D eigenvalue weighted by Gasteiger charge is 2.51. The Balaban J connectivity index is 1.55. The molecule has 1 aromatic rings. The second-order valence-corrected chi connectivity index (χ2v) is 8.60. The SMILES string of the molecule is Cc1cc([C@@H](C#N)C(=O)CC23CC4CC(CC(C4)C2)C3)nc(C)n1. The van der Waals surface area contributed by atoms with Gasteiger partial charge >= 0.3 is 0 Å². The molecule has 4 aliphatic rings. The average Bonchev–Trinajstić information content (AvgIpc) is 2.44. The summed E-state index contributed by atoms with van der Waals surface area (Å²) in [5.74, 6) is 2.44. The van der Waals surface area contributed by atoms with Crippen molar-refractivity contribution in [1.29, 1.82) is 5.26 Å². The molecule has 0 unspecified atom stereocenters. The first-order valence-corrected chi connectivity index (χ1v) is 9.21. The summed E-state index contributed by atoms with van der Waals surface area (Å²) < 4.78 is 0. The molecule has 1 heterocycles. The molecule has 1 aromatic heterocycles. The van der Waals surface area contributed by atoms with Crippen molar-refractivity contribution < 1.29 is 4.79 Å². The fraction of sp³-hybridized carbons (Fsp3) is 0.700. The summed E-state index contributed by atoms with van der Waals surface area (Å²) in [5, 5.41) is 9.61. The third-order valence-electron chi connectivity index (χ3n) is 6.45. The zero-order valence-electron chi connectivity index (χ0n) is 14.6. The van der Waals surface area contributed by atoms with Crippen LogP contribution >= 0.6 is 0 Å². The van der Waals surface area contributed by atoms with Crippen molar-refractivity contribution in [2.75, 3.05) is 0 Å². The van der Waals surface area contributed by atoms with Crippen LogP contribution in [0.1, 0.15) is 68.1 Å². The Hall–Kier alpha value is -1.76. The molecule has 0 aromatic carbocycles. The van der Waals surface area contributed by atoms with Crippen LogP contribution in [-0.4, -0.2) is 15.8 Å². The number of nitriles is 1. The highest BCUT2D eigenvalue weighted by molar-refractivity contribution is 5.88. The van der Waals surface area contributed by atoms with Crippen molar-refractivity contribution in [1.82, 2.24) is 9.97 Å². The van der Waals surface area contributed by atoms with Gasteiger partial charge in [0, 0.05) is 12.1 Å². The molecule has 0 radical (unpaired) electrons. The first kappa shape index (κ1) is 15.7. The van der Waals surface area contributed by atoms with Gasteiger partial charge in [-0.25, -0.2) is 9.97 Å². The van der Waals surface area contributed by atoms with E-state index in [1.807, 2.05) is 13.8 Å². The molecule has 0 spiro atoms. The molecule has 4 nitrogen and oxygen atoms in total. The molecular formula is C20H25N3O. The number of ketones is 1. The van der Waals surface area contributed by atoms with Crippen LogP contribution in [-0.2, 0) is 4.79 Å². The van der Waals surface area contributed by atoms with Gasteiger partial charge in [-0.1, -0.05) is 0 Å². The maximum atomic E-state index is 13.0. The van der Waals surface area contributed by atoms with Gasteiger partial charge in [0.25, 0.3) is 0 Å². The molecule has 24 heavy (non-hydrogen) atoms. The predicted molar refractivity (Wildman–Crippen MR) is 90.1 cm³/mol. The van der Waals surface area contributed by atoms with Crippen molar-refractivity contribution in [3.63, 3.8) is 0 Å². The topological polar surface area (TPSA) is 66.6 Å². The molecule has 5 rings (SSSR count). The third-order valence-corrected chi connectivity index (χ3v) is 6.45. The molecular weight excluding hydrogens is 298 g/mol. The monoisotopic (exact) mass is 323 g/mol. The van der Waals surface area contributed by atoms with Gasteiger partial charge in [0.2, 0.25) is 0 Å². The van der Waals surface area contributed by atoms with Crippen LogP contribution in [0, 0.1) is 48.3 Å². The van der Waals surface area contributed by atoms with Gasteiger partial charge in [0.05, 0.1) is 11.8 Å². The van der Waals surface area contributed by atoms with E-state index in [0.717, 1.165) is 23.4 Å². The lowest BCUT2D eigenvalue weighted by atomic mass is 9.48. The number of aromatic nitrogens is 2. The lowest BCUT2D eigenvalue weighted by Gasteiger charge is -2.56. The lowest BCUT2D eigenvalue weighted by Crippen LogP contribution is -2.47. The normalized spacial score (nSPS) is 34.8. The van der Waals surface area contributed by atoms with Gasteiger partial charge in [0.1, 0.15) is 11.7 Å².